The maximum atomic E-state index is 9.29. The number of methoxy groups -OCH3 is 1. The van der Waals surface area contributed by atoms with Gasteiger partial charge in [0.25, 0.3) is 0 Å². The molecule has 1 heterocycles. The fourth-order valence-electron chi connectivity index (χ4n) is 1.62. The van der Waals surface area contributed by atoms with Gasteiger partial charge in [0.1, 0.15) is 11.6 Å². The van der Waals surface area contributed by atoms with E-state index in [0.717, 1.165) is 5.56 Å². The van der Waals surface area contributed by atoms with Gasteiger partial charge in [0.2, 0.25) is 0 Å². The highest BCUT2D eigenvalue weighted by Gasteiger charge is 2.07. The topological polar surface area (TPSA) is 45.9 Å². The van der Waals surface area contributed by atoms with Crippen molar-refractivity contribution >= 4 is 5.57 Å². The van der Waals surface area contributed by atoms with Gasteiger partial charge in [-0.2, -0.15) is 5.26 Å². The van der Waals surface area contributed by atoms with E-state index in [-0.39, 0.29) is 0 Å². The van der Waals surface area contributed by atoms with Crippen molar-refractivity contribution < 1.29 is 4.74 Å². The normalized spacial score (nSPS) is 10.6. The molecular formula is C17H12N2O. The van der Waals surface area contributed by atoms with Crippen molar-refractivity contribution in [1.29, 1.82) is 5.26 Å². The predicted octanol–water partition coefficient (Wildman–Crippen LogP) is 3.01. The molecule has 0 saturated carbocycles. The third-order valence-electron chi connectivity index (χ3n) is 2.59. The van der Waals surface area contributed by atoms with Gasteiger partial charge in [-0.05, 0) is 24.1 Å². The molecule has 20 heavy (non-hydrogen) atoms. The minimum Gasteiger partial charge on any atom is -0.487 e. The highest BCUT2D eigenvalue weighted by atomic mass is 16.5. The van der Waals surface area contributed by atoms with E-state index >= 15 is 0 Å². The van der Waals surface area contributed by atoms with Crippen molar-refractivity contribution in [3.8, 4) is 17.9 Å². The molecule has 1 aromatic carbocycles. The first-order chi connectivity index (χ1) is 9.85. The SMILES string of the molecule is CO/C(C#Cc1ccccc1)=C(\C#N)c1cccnc1. The Morgan fingerprint density at radius 1 is 1.15 bits per heavy atom. The summed E-state index contributed by atoms with van der Waals surface area (Å²) >= 11 is 0. The summed E-state index contributed by atoms with van der Waals surface area (Å²) in [6.45, 7) is 0. The van der Waals surface area contributed by atoms with Gasteiger partial charge in [0.15, 0.2) is 5.76 Å². The molecule has 2 aromatic rings. The number of benzene rings is 1. The minimum atomic E-state index is 0.337. The summed E-state index contributed by atoms with van der Waals surface area (Å²) in [5, 5.41) is 9.29. The average Bonchev–Trinajstić information content (AvgIpc) is 2.53. The molecule has 0 aliphatic carbocycles. The third kappa shape index (κ3) is 3.25. The van der Waals surface area contributed by atoms with Crippen molar-refractivity contribution in [3.05, 3.63) is 71.7 Å². The lowest BCUT2D eigenvalue weighted by Crippen LogP contribution is -1.92. The number of nitriles is 1. The van der Waals surface area contributed by atoms with Crippen molar-refractivity contribution in [3.63, 3.8) is 0 Å². The Hall–Kier alpha value is -3.04. The molecule has 0 N–H and O–H groups in total. The summed E-state index contributed by atoms with van der Waals surface area (Å²) in [5.74, 6) is 6.21. The number of ether oxygens (including phenoxy) is 1. The number of allylic oxidation sites excluding steroid dienone is 2. The zero-order valence-electron chi connectivity index (χ0n) is 11.0. The summed E-state index contributed by atoms with van der Waals surface area (Å²) in [6, 6.07) is 15.2. The monoisotopic (exact) mass is 260 g/mol. The lowest BCUT2D eigenvalue weighted by atomic mass is 10.1. The summed E-state index contributed by atoms with van der Waals surface area (Å²) in [6.07, 6.45) is 3.27. The molecule has 0 aliphatic heterocycles. The van der Waals surface area contributed by atoms with E-state index in [1.54, 1.807) is 24.5 Å². The standard InChI is InChI=1S/C17H12N2O/c1-20-17(10-9-14-6-3-2-4-7-14)16(12-18)15-8-5-11-19-13-15/h2-8,11,13H,1H3/b17-16+. The molecular weight excluding hydrogens is 248 g/mol. The van der Waals surface area contributed by atoms with E-state index in [9.17, 15) is 5.26 Å². The lowest BCUT2D eigenvalue weighted by Gasteiger charge is -2.02. The molecule has 0 fully saturated rings. The smallest absolute Gasteiger partial charge is 0.188 e. The fraction of sp³-hybridized carbons (Fsp3) is 0.0588. The Morgan fingerprint density at radius 2 is 1.95 bits per heavy atom. The van der Waals surface area contributed by atoms with Crippen molar-refractivity contribution in [2.75, 3.05) is 7.11 Å². The Balaban J connectivity index is 2.43. The number of hydrogen-bond donors (Lipinski definition) is 0. The molecule has 3 nitrogen and oxygen atoms in total. The van der Waals surface area contributed by atoms with E-state index in [2.05, 4.69) is 22.9 Å². The van der Waals surface area contributed by atoms with Crippen LogP contribution in [0.15, 0.2) is 60.6 Å². The second kappa shape index (κ2) is 6.78. The molecule has 0 spiro atoms. The summed E-state index contributed by atoms with van der Waals surface area (Å²) in [7, 11) is 1.50. The van der Waals surface area contributed by atoms with Crippen molar-refractivity contribution in [1.82, 2.24) is 4.98 Å². The maximum absolute atomic E-state index is 9.29. The maximum Gasteiger partial charge on any atom is 0.188 e. The zero-order chi connectivity index (χ0) is 14.2. The van der Waals surface area contributed by atoms with E-state index in [1.807, 2.05) is 30.3 Å². The van der Waals surface area contributed by atoms with Gasteiger partial charge in [-0.3, -0.25) is 4.98 Å². The first-order valence-corrected chi connectivity index (χ1v) is 6.01. The first kappa shape index (κ1) is 13.4. The highest BCUT2D eigenvalue weighted by Crippen LogP contribution is 2.17. The number of nitrogens with zero attached hydrogens (tertiary/aromatic N) is 2. The molecule has 3 heteroatoms. The van der Waals surface area contributed by atoms with Gasteiger partial charge in [0.05, 0.1) is 7.11 Å². The van der Waals surface area contributed by atoms with Crippen LogP contribution in [0.5, 0.6) is 0 Å². The molecule has 0 atom stereocenters. The zero-order valence-corrected chi connectivity index (χ0v) is 11.0. The van der Waals surface area contributed by atoms with Crippen molar-refractivity contribution in [2.24, 2.45) is 0 Å². The predicted molar refractivity (Wildman–Crippen MR) is 77.1 cm³/mol. The molecule has 0 radical (unpaired) electrons. The molecule has 0 unspecified atom stereocenters. The van der Waals surface area contributed by atoms with Crippen LogP contribution in [-0.2, 0) is 4.74 Å². The van der Waals surface area contributed by atoms with Crippen LogP contribution in [0, 0.1) is 23.2 Å². The highest BCUT2D eigenvalue weighted by molar-refractivity contribution is 5.80. The molecule has 0 saturated heterocycles. The van der Waals surface area contributed by atoms with Gasteiger partial charge in [-0.15, -0.1) is 0 Å². The van der Waals surface area contributed by atoms with Gasteiger partial charge in [-0.25, -0.2) is 0 Å². The van der Waals surface area contributed by atoms with E-state index < -0.39 is 0 Å². The average molecular weight is 260 g/mol. The van der Waals surface area contributed by atoms with E-state index in [1.165, 1.54) is 7.11 Å². The fourth-order valence-corrected chi connectivity index (χ4v) is 1.62. The van der Waals surface area contributed by atoms with Crippen LogP contribution in [0.1, 0.15) is 11.1 Å². The number of pyridine rings is 1. The largest absolute Gasteiger partial charge is 0.487 e. The van der Waals surface area contributed by atoms with Crippen LogP contribution in [0.4, 0.5) is 0 Å². The molecule has 0 amide bonds. The minimum absolute atomic E-state index is 0.337. The Bertz CT molecular complexity index is 701. The summed E-state index contributed by atoms with van der Waals surface area (Å²) in [5.41, 5.74) is 1.93. The van der Waals surface area contributed by atoms with Crippen molar-refractivity contribution in [2.45, 2.75) is 0 Å². The van der Waals surface area contributed by atoms with Crippen LogP contribution in [-0.4, -0.2) is 12.1 Å². The number of hydrogen-bond acceptors (Lipinski definition) is 3. The van der Waals surface area contributed by atoms with Gasteiger partial charge >= 0.3 is 0 Å². The number of rotatable bonds is 2. The molecule has 1 aromatic heterocycles. The van der Waals surface area contributed by atoms with Crippen LogP contribution < -0.4 is 0 Å². The second-order valence-corrected chi connectivity index (χ2v) is 3.88. The Kier molecular flexibility index (Phi) is 4.54. The first-order valence-electron chi connectivity index (χ1n) is 6.01. The molecule has 0 bridgehead atoms. The third-order valence-corrected chi connectivity index (χ3v) is 2.59. The van der Waals surface area contributed by atoms with Crippen LogP contribution >= 0.6 is 0 Å². The van der Waals surface area contributed by atoms with Crippen LogP contribution in [0.25, 0.3) is 5.57 Å². The summed E-state index contributed by atoms with van der Waals surface area (Å²) in [4.78, 5) is 4.00. The van der Waals surface area contributed by atoms with Crippen LogP contribution in [0.2, 0.25) is 0 Å². The number of aromatic nitrogens is 1. The molecule has 2 rings (SSSR count). The Morgan fingerprint density at radius 3 is 2.55 bits per heavy atom. The molecule has 96 valence electrons. The second-order valence-electron chi connectivity index (χ2n) is 3.88. The molecule has 0 aliphatic rings. The van der Waals surface area contributed by atoms with E-state index in [4.69, 9.17) is 4.74 Å². The van der Waals surface area contributed by atoms with Gasteiger partial charge in [-0.1, -0.05) is 30.2 Å². The van der Waals surface area contributed by atoms with Crippen LogP contribution in [0.3, 0.4) is 0 Å². The lowest BCUT2D eigenvalue weighted by molar-refractivity contribution is 0.313. The van der Waals surface area contributed by atoms with Gasteiger partial charge in [0, 0.05) is 23.5 Å². The summed E-state index contributed by atoms with van der Waals surface area (Å²) < 4.78 is 5.24. The Labute approximate surface area is 118 Å². The van der Waals surface area contributed by atoms with Gasteiger partial charge < -0.3 is 4.74 Å². The quantitative estimate of drug-likeness (QED) is 0.473. The van der Waals surface area contributed by atoms with E-state index in [0.29, 0.717) is 16.9 Å².